The van der Waals surface area contributed by atoms with Gasteiger partial charge in [-0.3, -0.25) is 0 Å². The molecule has 1 saturated heterocycles. The van der Waals surface area contributed by atoms with Gasteiger partial charge in [-0.05, 0) is 38.9 Å². The van der Waals surface area contributed by atoms with Crippen LogP contribution in [-0.4, -0.2) is 47.3 Å². The zero-order valence-corrected chi connectivity index (χ0v) is 7.23. The average molecular weight is 173 g/mol. The molecule has 0 spiro atoms. The third-order valence-corrected chi connectivity index (χ3v) is 2.46. The van der Waals surface area contributed by atoms with E-state index in [2.05, 4.69) is 4.90 Å². The Balaban J connectivity index is 2.39. The number of carboxylic acids is 1. The van der Waals surface area contributed by atoms with Crippen molar-refractivity contribution < 1.29 is 15.0 Å². The number of aliphatic hydroxyl groups is 1. The quantitative estimate of drug-likeness (QED) is 0.605. The van der Waals surface area contributed by atoms with Gasteiger partial charge >= 0.3 is 5.97 Å². The molecule has 4 heteroatoms. The molecule has 0 radical (unpaired) electrons. The van der Waals surface area contributed by atoms with Crippen LogP contribution in [0.1, 0.15) is 12.8 Å². The van der Waals surface area contributed by atoms with Crippen LogP contribution in [0.2, 0.25) is 0 Å². The van der Waals surface area contributed by atoms with Gasteiger partial charge in [0.15, 0.2) is 6.10 Å². The second kappa shape index (κ2) is 3.87. The lowest BCUT2D eigenvalue weighted by Gasteiger charge is -2.30. The second-order valence-corrected chi connectivity index (χ2v) is 3.42. The van der Waals surface area contributed by atoms with Crippen molar-refractivity contribution in [2.24, 2.45) is 5.92 Å². The lowest BCUT2D eigenvalue weighted by molar-refractivity contribution is -0.150. The Labute approximate surface area is 71.8 Å². The van der Waals surface area contributed by atoms with Crippen molar-refractivity contribution in [3.05, 3.63) is 0 Å². The summed E-state index contributed by atoms with van der Waals surface area (Å²) in [5.41, 5.74) is 0. The first kappa shape index (κ1) is 9.48. The summed E-state index contributed by atoms with van der Waals surface area (Å²) in [4.78, 5) is 12.6. The fraction of sp³-hybridized carbons (Fsp3) is 0.875. The minimum absolute atomic E-state index is 0.0568. The molecule has 4 nitrogen and oxygen atoms in total. The zero-order valence-electron chi connectivity index (χ0n) is 7.23. The molecule has 0 amide bonds. The SMILES string of the molecule is CN1CCC(C(O)C(=O)O)CC1. The number of hydrogen-bond acceptors (Lipinski definition) is 3. The predicted octanol–water partition coefficient (Wildman–Crippen LogP) is -0.226. The number of carboxylic acid groups (broad SMARTS) is 1. The fourth-order valence-electron chi connectivity index (χ4n) is 1.55. The van der Waals surface area contributed by atoms with Gasteiger partial charge in [0.1, 0.15) is 0 Å². The summed E-state index contributed by atoms with van der Waals surface area (Å²) < 4.78 is 0. The Morgan fingerprint density at radius 1 is 1.50 bits per heavy atom. The third kappa shape index (κ3) is 2.19. The van der Waals surface area contributed by atoms with E-state index >= 15 is 0 Å². The number of nitrogens with zero attached hydrogens (tertiary/aromatic N) is 1. The predicted molar refractivity (Wildman–Crippen MR) is 43.9 cm³/mol. The Morgan fingerprint density at radius 2 is 2.00 bits per heavy atom. The molecule has 70 valence electrons. The van der Waals surface area contributed by atoms with Crippen molar-refractivity contribution in [1.29, 1.82) is 0 Å². The summed E-state index contributed by atoms with van der Waals surface area (Å²) in [7, 11) is 2.00. The van der Waals surface area contributed by atoms with E-state index in [0.29, 0.717) is 0 Å². The molecule has 0 aromatic rings. The van der Waals surface area contributed by atoms with E-state index in [0.717, 1.165) is 25.9 Å². The normalized spacial score (nSPS) is 23.8. The molecule has 1 heterocycles. The van der Waals surface area contributed by atoms with Crippen LogP contribution in [0, 0.1) is 5.92 Å². The maximum atomic E-state index is 10.4. The van der Waals surface area contributed by atoms with Gasteiger partial charge in [-0.1, -0.05) is 0 Å². The van der Waals surface area contributed by atoms with E-state index < -0.39 is 12.1 Å². The largest absolute Gasteiger partial charge is 0.479 e. The molecular weight excluding hydrogens is 158 g/mol. The summed E-state index contributed by atoms with van der Waals surface area (Å²) in [6.45, 7) is 1.77. The third-order valence-electron chi connectivity index (χ3n) is 2.46. The molecule has 12 heavy (non-hydrogen) atoms. The van der Waals surface area contributed by atoms with E-state index in [1.165, 1.54) is 0 Å². The van der Waals surface area contributed by atoms with E-state index in [4.69, 9.17) is 5.11 Å². The number of piperidine rings is 1. The van der Waals surface area contributed by atoms with Gasteiger partial charge in [-0.15, -0.1) is 0 Å². The highest BCUT2D eigenvalue weighted by molar-refractivity contribution is 5.72. The minimum Gasteiger partial charge on any atom is -0.479 e. The summed E-state index contributed by atoms with van der Waals surface area (Å²) in [6, 6.07) is 0. The highest BCUT2D eigenvalue weighted by Gasteiger charge is 2.28. The molecule has 1 rings (SSSR count). The Morgan fingerprint density at radius 3 is 2.42 bits per heavy atom. The first-order chi connectivity index (χ1) is 5.61. The van der Waals surface area contributed by atoms with Gasteiger partial charge in [0.05, 0.1) is 0 Å². The van der Waals surface area contributed by atoms with Crippen LogP contribution in [0.4, 0.5) is 0 Å². The number of hydrogen-bond donors (Lipinski definition) is 2. The number of rotatable bonds is 2. The molecule has 0 saturated carbocycles. The number of aliphatic carboxylic acids is 1. The van der Waals surface area contributed by atoms with Crippen molar-refractivity contribution in [3.63, 3.8) is 0 Å². The molecule has 1 fully saturated rings. The molecule has 1 aliphatic rings. The van der Waals surface area contributed by atoms with E-state index in [9.17, 15) is 9.90 Å². The monoisotopic (exact) mass is 173 g/mol. The molecule has 2 N–H and O–H groups in total. The van der Waals surface area contributed by atoms with Crippen molar-refractivity contribution in [2.45, 2.75) is 18.9 Å². The van der Waals surface area contributed by atoms with Gasteiger partial charge in [0.25, 0.3) is 0 Å². The lowest BCUT2D eigenvalue weighted by Crippen LogP contribution is -2.38. The van der Waals surface area contributed by atoms with Crippen molar-refractivity contribution in [2.75, 3.05) is 20.1 Å². The van der Waals surface area contributed by atoms with Gasteiger partial charge in [0.2, 0.25) is 0 Å². The van der Waals surface area contributed by atoms with Crippen LogP contribution in [0.25, 0.3) is 0 Å². The van der Waals surface area contributed by atoms with Crippen LogP contribution < -0.4 is 0 Å². The summed E-state index contributed by atoms with van der Waals surface area (Å²) in [6.07, 6.45) is 0.396. The van der Waals surface area contributed by atoms with E-state index in [-0.39, 0.29) is 5.92 Å². The molecule has 0 bridgehead atoms. The van der Waals surface area contributed by atoms with Crippen LogP contribution in [0.5, 0.6) is 0 Å². The molecular formula is C8H15NO3. The van der Waals surface area contributed by atoms with Crippen molar-refractivity contribution in [1.82, 2.24) is 4.90 Å². The van der Waals surface area contributed by atoms with Gasteiger partial charge in [-0.2, -0.15) is 0 Å². The number of carbonyl (C=O) groups is 1. The van der Waals surface area contributed by atoms with Gasteiger partial charge in [-0.25, -0.2) is 4.79 Å². The molecule has 0 aliphatic carbocycles. The standard InChI is InChI=1S/C8H15NO3/c1-9-4-2-6(3-5-9)7(10)8(11)12/h6-7,10H,2-5H2,1H3,(H,11,12). The van der Waals surface area contributed by atoms with Crippen LogP contribution >= 0.6 is 0 Å². The van der Waals surface area contributed by atoms with Gasteiger partial charge < -0.3 is 15.1 Å². The Kier molecular flexibility index (Phi) is 3.05. The molecule has 0 aromatic heterocycles. The molecule has 1 unspecified atom stereocenters. The molecule has 1 aliphatic heterocycles. The second-order valence-electron chi connectivity index (χ2n) is 3.42. The molecule has 0 aromatic carbocycles. The highest BCUT2D eigenvalue weighted by atomic mass is 16.4. The summed E-state index contributed by atoms with van der Waals surface area (Å²) in [5.74, 6) is -1.15. The Bertz CT molecular complexity index is 164. The van der Waals surface area contributed by atoms with E-state index in [1.54, 1.807) is 0 Å². The maximum Gasteiger partial charge on any atom is 0.332 e. The fourth-order valence-corrected chi connectivity index (χ4v) is 1.55. The van der Waals surface area contributed by atoms with Crippen LogP contribution in [0.15, 0.2) is 0 Å². The smallest absolute Gasteiger partial charge is 0.332 e. The van der Waals surface area contributed by atoms with Crippen molar-refractivity contribution in [3.8, 4) is 0 Å². The lowest BCUT2D eigenvalue weighted by atomic mass is 9.91. The van der Waals surface area contributed by atoms with Gasteiger partial charge in [0, 0.05) is 0 Å². The molecule has 1 atom stereocenters. The zero-order chi connectivity index (χ0) is 9.14. The first-order valence-electron chi connectivity index (χ1n) is 4.20. The Hall–Kier alpha value is -0.610. The van der Waals surface area contributed by atoms with E-state index in [1.807, 2.05) is 7.05 Å². The number of aliphatic hydroxyl groups excluding tert-OH is 1. The van der Waals surface area contributed by atoms with Crippen molar-refractivity contribution >= 4 is 5.97 Å². The summed E-state index contributed by atoms with van der Waals surface area (Å²) >= 11 is 0. The maximum absolute atomic E-state index is 10.4. The minimum atomic E-state index is -1.17. The topological polar surface area (TPSA) is 60.8 Å². The first-order valence-corrected chi connectivity index (χ1v) is 4.20. The average Bonchev–Trinajstić information content (AvgIpc) is 2.04. The highest BCUT2D eigenvalue weighted by Crippen LogP contribution is 2.19. The summed E-state index contributed by atoms with van der Waals surface area (Å²) in [5, 5.41) is 17.8. The van der Waals surface area contributed by atoms with Crippen LogP contribution in [0.3, 0.4) is 0 Å². The van der Waals surface area contributed by atoms with Crippen LogP contribution in [-0.2, 0) is 4.79 Å². The number of likely N-dealkylation sites (tertiary alicyclic amines) is 1.